The summed E-state index contributed by atoms with van der Waals surface area (Å²) in [7, 11) is 0. The van der Waals surface area contributed by atoms with E-state index in [9.17, 15) is 0 Å². The molecule has 6 heteroatoms. The van der Waals surface area contributed by atoms with E-state index in [-0.39, 0.29) is 0 Å². The van der Waals surface area contributed by atoms with Crippen molar-refractivity contribution < 1.29 is 0 Å². The highest BCUT2D eigenvalue weighted by Gasteiger charge is 2.26. The van der Waals surface area contributed by atoms with E-state index < -0.39 is 0 Å². The van der Waals surface area contributed by atoms with Gasteiger partial charge in [-0.15, -0.1) is 0 Å². The maximum atomic E-state index is 7.24. The summed E-state index contributed by atoms with van der Waals surface area (Å²) in [6.07, 6.45) is 2.22. The van der Waals surface area contributed by atoms with Gasteiger partial charge in [0.25, 0.3) is 0 Å². The molecule has 176 valence electrons. The van der Waals surface area contributed by atoms with Gasteiger partial charge in [-0.3, -0.25) is 4.57 Å². The van der Waals surface area contributed by atoms with Crippen molar-refractivity contribution in [2.75, 3.05) is 18.0 Å². The number of rotatable bonds is 2. The fraction of sp³-hybridized carbons (Fsp3) is 0.310. The lowest BCUT2D eigenvalue weighted by atomic mass is 10.1. The normalized spacial score (nSPS) is 18.9. The molecule has 0 spiro atoms. The Kier molecular flexibility index (Phi) is 5.05. The van der Waals surface area contributed by atoms with Crippen LogP contribution in [0.2, 0.25) is 0 Å². The number of aryl methyl sites for hydroxylation is 1. The van der Waals surface area contributed by atoms with Crippen LogP contribution in [0.25, 0.3) is 33.2 Å². The Labute approximate surface area is 206 Å². The molecule has 0 saturated carbocycles. The molecule has 0 bridgehead atoms. The van der Waals surface area contributed by atoms with Crippen molar-refractivity contribution in [3.05, 3.63) is 83.1 Å². The Hall–Kier alpha value is -3.82. The molecule has 0 radical (unpaired) electrons. The summed E-state index contributed by atoms with van der Waals surface area (Å²) in [5.74, 6) is 0.986. The van der Waals surface area contributed by atoms with Gasteiger partial charge in [0.05, 0.1) is 23.6 Å². The molecule has 1 fully saturated rings. The van der Waals surface area contributed by atoms with Gasteiger partial charge in [-0.25, -0.2) is 9.83 Å². The van der Waals surface area contributed by atoms with Crippen molar-refractivity contribution in [2.45, 2.75) is 46.3 Å². The minimum absolute atomic E-state index is 0.468. The molecule has 2 aliphatic heterocycles. The lowest BCUT2D eigenvalue weighted by molar-refractivity contribution is 0.407. The number of imidazole rings is 1. The number of nitrogens with one attached hydrogen (secondary N) is 1. The molecule has 4 aromatic rings. The van der Waals surface area contributed by atoms with Crippen molar-refractivity contribution in [2.24, 2.45) is 0 Å². The van der Waals surface area contributed by atoms with Crippen molar-refractivity contribution >= 4 is 11.4 Å². The zero-order chi connectivity index (χ0) is 24.3. The first-order chi connectivity index (χ1) is 16.9. The molecule has 2 aromatic heterocycles. The number of aromatic nitrogens is 3. The van der Waals surface area contributed by atoms with Crippen LogP contribution in [0.4, 0.5) is 11.4 Å². The van der Waals surface area contributed by atoms with Crippen LogP contribution in [0.15, 0.2) is 54.7 Å². The topological polar surface area (TPSA) is 42.4 Å². The average molecular weight is 463 g/mol. The zero-order valence-electron chi connectivity index (χ0n) is 20.7. The van der Waals surface area contributed by atoms with Crippen LogP contribution in [0.3, 0.4) is 0 Å². The quantitative estimate of drug-likeness (QED) is 0.341. The van der Waals surface area contributed by atoms with Gasteiger partial charge in [0, 0.05) is 54.9 Å². The molecule has 0 amide bonds. The number of anilines is 1. The van der Waals surface area contributed by atoms with Gasteiger partial charge < -0.3 is 14.8 Å². The predicted octanol–water partition coefficient (Wildman–Crippen LogP) is 5.72. The third-order valence-electron chi connectivity index (χ3n) is 7.37. The monoisotopic (exact) mass is 462 g/mol. The Balaban J connectivity index is 1.47. The minimum atomic E-state index is 0.468. The molecule has 1 unspecified atom stereocenters. The van der Waals surface area contributed by atoms with Gasteiger partial charge in [0.1, 0.15) is 0 Å². The van der Waals surface area contributed by atoms with E-state index in [0.29, 0.717) is 17.8 Å². The fourth-order valence-corrected chi connectivity index (χ4v) is 5.63. The van der Waals surface area contributed by atoms with Gasteiger partial charge in [-0.05, 0) is 63.1 Å². The van der Waals surface area contributed by atoms with E-state index in [1.165, 1.54) is 22.6 Å². The van der Waals surface area contributed by atoms with E-state index in [0.717, 1.165) is 48.0 Å². The van der Waals surface area contributed by atoms with Crippen LogP contribution in [0.1, 0.15) is 30.8 Å². The number of fused-ring (bicyclic) bond motifs is 5. The van der Waals surface area contributed by atoms with Gasteiger partial charge >= 0.3 is 0 Å². The summed E-state index contributed by atoms with van der Waals surface area (Å²) in [6.45, 7) is 18.8. The lowest BCUT2D eigenvalue weighted by Crippen LogP contribution is -2.54. The molecule has 6 rings (SSSR count). The van der Waals surface area contributed by atoms with Crippen LogP contribution < -0.4 is 10.2 Å². The molecule has 2 atom stereocenters. The average Bonchev–Trinajstić information content (AvgIpc) is 3.35. The summed E-state index contributed by atoms with van der Waals surface area (Å²) in [6, 6.07) is 17.9. The van der Waals surface area contributed by atoms with Crippen molar-refractivity contribution in [3.8, 4) is 28.3 Å². The molecule has 6 nitrogen and oxygen atoms in total. The van der Waals surface area contributed by atoms with Crippen LogP contribution in [0.5, 0.6) is 0 Å². The minimum Gasteiger partial charge on any atom is -0.368 e. The second-order valence-electron chi connectivity index (χ2n) is 10.0. The van der Waals surface area contributed by atoms with Crippen molar-refractivity contribution in [3.63, 3.8) is 0 Å². The summed E-state index contributed by atoms with van der Waals surface area (Å²) in [5, 5.41) is 3.64. The number of piperazine rings is 1. The zero-order valence-corrected chi connectivity index (χ0v) is 20.7. The third kappa shape index (κ3) is 3.64. The second-order valence-corrected chi connectivity index (χ2v) is 10.0. The standard InChI is InChI=1S/C29H30N6/c1-18-14-33(15-19(2)31-18)26-10-11-27-24(12-26)17-34-16-23(22-6-8-25(30-5)9-7-22)13-28(34)29-32-20(3)21(4)35(27)29/h6-13,16,18-19,31H,14-15,17H2,1-4H3/t18-,19?/m1/s1. The van der Waals surface area contributed by atoms with Crippen LogP contribution in [-0.2, 0) is 6.54 Å². The van der Waals surface area contributed by atoms with Crippen molar-refractivity contribution in [1.29, 1.82) is 0 Å². The Morgan fingerprint density at radius 1 is 0.971 bits per heavy atom. The Bertz CT molecular complexity index is 1460. The summed E-state index contributed by atoms with van der Waals surface area (Å²) < 4.78 is 4.65. The second kappa shape index (κ2) is 8.14. The Morgan fingerprint density at radius 2 is 1.71 bits per heavy atom. The first kappa shape index (κ1) is 21.7. The number of hydrogen-bond donors (Lipinski definition) is 1. The molecule has 2 aromatic carbocycles. The van der Waals surface area contributed by atoms with E-state index in [1.807, 2.05) is 24.3 Å². The highest BCUT2D eigenvalue weighted by atomic mass is 15.2. The van der Waals surface area contributed by atoms with E-state index >= 15 is 0 Å². The molecular weight excluding hydrogens is 432 g/mol. The molecular formula is C29H30N6. The maximum absolute atomic E-state index is 7.24. The lowest BCUT2D eigenvalue weighted by Gasteiger charge is -2.38. The number of benzene rings is 2. The van der Waals surface area contributed by atoms with Gasteiger partial charge in [0.2, 0.25) is 0 Å². The maximum Gasteiger partial charge on any atom is 0.187 e. The van der Waals surface area contributed by atoms with E-state index in [2.05, 4.69) is 82.4 Å². The molecule has 35 heavy (non-hydrogen) atoms. The highest BCUT2D eigenvalue weighted by Crippen LogP contribution is 2.37. The molecule has 0 aliphatic carbocycles. The van der Waals surface area contributed by atoms with Gasteiger partial charge in [0.15, 0.2) is 11.5 Å². The van der Waals surface area contributed by atoms with Crippen LogP contribution in [-0.4, -0.2) is 39.3 Å². The first-order valence-electron chi connectivity index (χ1n) is 12.3. The fourth-order valence-electron chi connectivity index (χ4n) is 5.63. The molecule has 1 saturated heterocycles. The summed E-state index contributed by atoms with van der Waals surface area (Å²) in [5.41, 5.74) is 10.1. The van der Waals surface area contributed by atoms with Gasteiger partial charge in [-0.1, -0.05) is 24.3 Å². The first-order valence-corrected chi connectivity index (χ1v) is 12.3. The molecule has 1 N–H and O–H groups in total. The largest absolute Gasteiger partial charge is 0.368 e. The van der Waals surface area contributed by atoms with Gasteiger partial charge in [-0.2, -0.15) is 0 Å². The van der Waals surface area contributed by atoms with Crippen LogP contribution in [0, 0.1) is 20.4 Å². The van der Waals surface area contributed by atoms with Crippen molar-refractivity contribution in [1.82, 2.24) is 19.4 Å². The third-order valence-corrected chi connectivity index (χ3v) is 7.37. The van der Waals surface area contributed by atoms with E-state index in [4.69, 9.17) is 11.6 Å². The molecule has 4 heterocycles. The molecule has 2 aliphatic rings. The number of nitrogens with zero attached hydrogens (tertiary/aromatic N) is 5. The van der Waals surface area contributed by atoms with E-state index in [1.54, 1.807) is 0 Å². The highest BCUT2D eigenvalue weighted by molar-refractivity contribution is 5.74. The Morgan fingerprint density at radius 3 is 2.43 bits per heavy atom. The summed E-state index contributed by atoms with van der Waals surface area (Å²) in [4.78, 5) is 11.0. The predicted molar refractivity (Wildman–Crippen MR) is 142 cm³/mol. The SMILES string of the molecule is [C-]#[N+]c1ccc(-c2cc3n(c2)Cc2cc(N4CC(C)N[C@H](C)C4)ccc2-n2c-3nc(C)c2C)cc1. The summed E-state index contributed by atoms with van der Waals surface area (Å²) >= 11 is 0. The smallest absolute Gasteiger partial charge is 0.187 e. The van der Waals surface area contributed by atoms with Crippen LogP contribution >= 0.6 is 0 Å². The number of hydrogen-bond acceptors (Lipinski definition) is 3.